The van der Waals surface area contributed by atoms with Gasteiger partial charge in [-0.1, -0.05) is 0 Å². The molecule has 5 nitrogen and oxygen atoms in total. The minimum atomic E-state index is -0.773. The van der Waals surface area contributed by atoms with Crippen molar-refractivity contribution < 1.29 is 9.32 Å². The number of nitrogens with zero attached hydrogens (tertiary/aromatic N) is 3. The lowest BCUT2D eigenvalue weighted by molar-refractivity contribution is 0.260. The van der Waals surface area contributed by atoms with Crippen LogP contribution in [0.15, 0.2) is 6.33 Å². The molecule has 0 aliphatic rings. The highest BCUT2D eigenvalue weighted by atomic mass is 32.2. The Balaban J connectivity index is 2.59. The monoisotopic (exact) mass is 217 g/mol. The first-order valence-electron chi connectivity index (χ1n) is 4.44. The van der Waals surface area contributed by atoms with Gasteiger partial charge in [-0.25, -0.2) is 0 Å². The number of hydrogen-bond acceptors (Lipinski definition) is 4. The Morgan fingerprint density at radius 1 is 1.71 bits per heavy atom. The van der Waals surface area contributed by atoms with Gasteiger partial charge in [0.15, 0.2) is 5.82 Å². The predicted molar refractivity (Wildman–Crippen MR) is 54.2 cm³/mol. The van der Waals surface area contributed by atoms with E-state index in [9.17, 15) is 4.21 Å². The highest BCUT2D eigenvalue weighted by molar-refractivity contribution is 7.84. The molecule has 0 radical (unpaired) electrons. The van der Waals surface area contributed by atoms with E-state index in [2.05, 4.69) is 10.2 Å². The molecule has 0 saturated carbocycles. The molecule has 0 aliphatic carbocycles. The van der Waals surface area contributed by atoms with E-state index in [0.29, 0.717) is 11.6 Å². The zero-order chi connectivity index (χ0) is 10.6. The highest BCUT2D eigenvalue weighted by Gasteiger charge is 2.10. The number of aliphatic hydroxyl groups excluding tert-OH is 1. The zero-order valence-electron chi connectivity index (χ0n) is 8.38. The van der Waals surface area contributed by atoms with Crippen molar-refractivity contribution in [2.24, 2.45) is 0 Å². The molecule has 0 aromatic carbocycles. The van der Waals surface area contributed by atoms with Crippen LogP contribution in [-0.4, -0.2) is 36.1 Å². The number of hydrogen-bond donors (Lipinski definition) is 1. The van der Waals surface area contributed by atoms with Gasteiger partial charge in [-0.3, -0.25) is 4.21 Å². The van der Waals surface area contributed by atoms with Crippen molar-refractivity contribution >= 4 is 10.8 Å². The molecule has 0 aliphatic heterocycles. The normalized spacial score (nSPS) is 15.4. The molecule has 1 N–H and O–H groups in total. The fourth-order valence-electron chi connectivity index (χ4n) is 1.22. The molecular formula is C8H15N3O2S. The van der Waals surface area contributed by atoms with Crippen LogP contribution in [0.1, 0.15) is 25.2 Å². The van der Waals surface area contributed by atoms with E-state index in [4.69, 9.17) is 5.11 Å². The van der Waals surface area contributed by atoms with Crippen molar-refractivity contribution in [2.75, 3.05) is 12.0 Å². The standard InChI is InChI=1S/C8H15N3O2S/c1-7(3-4-14(2)13)11-6-9-10-8(11)5-12/h6-7,12H,3-5H2,1-2H3. The molecule has 14 heavy (non-hydrogen) atoms. The molecule has 0 spiro atoms. The fraction of sp³-hybridized carbons (Fsp3) is 0.750. The fourth-order valence-corrected chi connectivity index (χ4v) is 1.90. The lowest BCUT2D eigenvalue weighted by Gasteiger charge is -2.13. The molecule has 80 valence electrons. The lowest BCUT2D eigenvalue weighted by Crippen LogP contribution is -2.11. The van der Waals surface area contributed by atoms with Crippen molar-refractivity contribution in [3.63, 3.8) is 0 Å². The van der Waals surface area contributed by atoms with E-state index in [-0.39, 0.29) is 12.6 Å². The van der Waals surface area contributed by atoms with Gasteiger partial charge in [-0.05, 0) is 13.3 Å². The van der Waals surface area contributed by atoms with Gasteiger partial charge in [0, 0.05) is 28.9 Å². The Labute approximate surface area is 85.6 Å². The average molecular weight is 217 g/mol. The molecule has 0 amide bonds. The van der Waals surface area contributed by atoms with Crippen molar-refractivity contribution in [3.05, 3.63) is 12.2 Å². The Bertz CT molecular complexity index is 313. The summed E-state index contributed by atoms with van der Waals surface area (Å²) in [6.45, 7) is 1.88. The van der Waals surface area contributed by atoms with Crippen LogP contribution in [0, 0.1) is 0 Å². The second-order valence-corrected chi connectivity index (χ2v) is 4.78. The molecule has 1 aromatic rings. The quantitative estimate of drug-likeness (QED) is 0.759. The van der Waals surface area contributed by atoms with Gasteiger partial charge in [0.2, 0.25) is 0 Å². The van der Waals surface area contributed by atoms with Gasteiger partial charge < -0.3 is 9.67 Å². The molecule has 0 saturated heterocycles. The van der Waals surface area contributed by atoms with Crippen LogP contribution in [0.3, 0.4) is 0 Å². The van der Waals surface area contributed by atoms with Gasteiger partial charge in [-0.15, -0.1) is 10.2 Å². The van der Waals surface area contributed by atoms with E-state index in [1.165, 1.54) is 0 Å². The summed E-state index contributed by atoms with van der Waals surface area (Å²) in [5.41, 5.74) is 0. The molecule has 1 aromatic heterocycles. The largest absolute Gasteiger partial charge is 0.388 e. The van der Waals surface area contributed by atoms with Crippen molar-refractivity contribution in [1.29, 1.82) is 0 Å². The van der Waals surface area contributed by atoms with E-state index >= 15 is 0 Å². The number of aromatic nitrogens is 3. The first kappa shape index (κ1) is 11.3. The molecular weight excluding hydrogens is 202 g/mol. The SMILES string of the molecule is CC(CCS(C)=O)n1cnnc1CO. The van der Waals surface area contributed by atoms with Crippen molar-refractivity contribution in [3.8, 4) is 0 Å². The minimum Gasteiger partial charge on any atom is -0.388 e. The Morgan fingerprint density at radius 2 is 2.43 bits per heavy atom. The van der Waals surface area contributed by atoms with Crippen LogP contribution in [0.25, 0.3) is 0 Å². The van der Waals surface area contributed by atoms with Gasteiger partial charge in [0.1, 0.15) is 12.9 Å². The van der Waals surface area contributed by atoms with Crippen LogP contribution < -0.4 is 0 Å². The van der Waals surface area contributed by atoms with Gasteiger partial charge >= 0.3 is 0 Å². The maximum atomic E-state index is 10.9. The first-order valence-corrected chi connectivity index (χ1v) is 6.17. The van der Waals surface area contributed by atoms with Crippen LogP contribution in [0.4, 0.5) is 0 Å². The summed E-state index contributed by atoms with van der Waals surface area (Å²) < 4.78 is 12.7. The Kier molecular flexibility index (Phi) is 4.21. The maximum Gasteiger partial charge on any atom is 0.158 e. The summed E-state index contributed by atoms with van der Waals surface area (Å²) in [5, 5.41) is 16.4. The molecule has 2 atom stereocenters. The van der Waals surface area contributed by atoms with Gasteiger partial charge in [-0.2, -0.15) is 0 Å². The van der Waals surface area contributed by atoms with Crippen LogP contribution >= 0.6 is 0 Å². The number of rotatable bonds is 5. The third kappa shape index (κ3) is 2.88. The van der Waals surface area contributed by atoms with E-state index in [1.54, 1.807) is 12.6 Å². The highest BCUT2D eigenvalue weighted by Crippen LogP contribution is 2.12. The van der Waals surface area contributed by atoms with Crippen LogP contribution in [0.5, 0.6) is 0 Å². The molecule has 6 heteroatoms. The Hall–Kier alpha value is -0.750. The Morgan fingerprint density at radius 3 is 3.00 bits per heavy atom. The average Bonchev–Trinajstić information content (AvgIpc) is 2.61. The van der Waals surface area contributed by atoms with Gasteiger partial charge in [0.05, 0.1) is 0 Å². The summed E-state index contributed by atoms with van der Waals surface area (Å²) in [6.07, 6.45) is 4.08. The van der Waals surface area contributed by atoms with Crippen LogP contribution in [0.2, 0.25) is 0 Å². The predicted octanol–water partition coefficient (Wildman–Crippen LogP) is 0.100. The summed E-state index contributed by atoms with van der Waals surface area (Å²) in [7, 11) is -0.773. The zero-order valence-corrected chi connectivity index (χ0v) is 9.20. The topological polar surface area (TPSA) is 68.0 Å². The van der Waals surface area contributed by atoms with Crippen molar-refractivity contribution in [1.82, 2.24) is 14.8 Å². The minimum absolute atomic E-state index is 0.112. The van der Waals surface area contributed by atoms with Crippen molar-refractivity contribution in [2.45, 2.75) is 26.0 Å². The summed E-state index contributed by atoms with van der Waals surface area (Å²) in [6, 6.07) is 0.177. The summed E-state index contributed by atoms with van der Waals surface area (Å²) >= 11 is 0. The van der Waals surface area contributed by atoms with E-state index in [1.807, 2.05) is 11.5 Å². The van der Waals surface area contributed by atoms with Gasteiger partial charge in [0.25, 0.3) is 0 Å². The summed E-state index contributed by atoms with van der Waals surface area (Å²) in [5.74, 6) is 1.21. The lowest BCUT2D eigenvalue weighted by atomic mass is 10.2. The van der Waals surface area contributed by atoms with Crippen LogP contribution in [-0.2, 0) is 17.4 Å². The second-order valence-electron chi connectivity index (χ2n) is 3.23. The molecule has 1 rings (SSSR count). The third-order valence-corrected chi connectivity index (χ3v) is 2.90. The van der Waals surface area contributed by atoms with E-state index < -0.39 is 10.8 Å². The molecule has 1 heterocycles. The first-order chi connectivity index (χ1) is 6.65. The smallest absolute Gasteiger partial charge is 0.158 e. The third-order valence-electron chi connectivity index (χ3n) is 2.09. The second kappa shape index (κ2) is 5.21. The maximum absolute atomic E-state index is 10.9. The molecule has 2 unspecified atom stereocenters. The molecule has 0 fully saturated rings. The molecule has 0 bridgehead atoms. The van der Waals surface area contributed by atoms with E-state index in [0.717, 1.165) is 6.42 Å². The summed E-state index contributed by atoms with van der Waals surface area (Å²) in [4.78, 5) is 0. The number of aliphatic hydroxyl groups is 1.